The first-order valence-electron chi connectivity index (χ1n) is 18.9. The van der Waals surface area contributed by atoms with E-state index in [0.29, 0.717) is 11.3 Å². The Morgan fingerprint density at radius 3 is 2.22 bits per heavy atom. The second kappa shape index (κ2) is 14.7. The van der Waals surface area contributed by atoms with Gasteiger partial charge in [0.1, 0.15) is 5.58 Å². The van der Waals surface area contributed by atoms with Gasteiger partial charge in [0.2, 0.25) is 0 Å². The molecule has 8 aromatic rings. The molecule has 0 atom stereocenters. The number of rotatable bonds is 6. The van der Waals surface area contributed by atoms with Crippen molar-refractivity contribution in [1.29, 1.82) is 0 Å². The van der Waals surface area contributed by atoms with Crippen LogP contribution in [0.4, 0.5) is 0 Å². The number of aryl methyl sites for hydroxylation is 1. The second-order valence-corrected chi connectivity index (χ2v) is 19.4. The Labute approximate surface area is 320 Å². The molecule has 0 bridgehead atoms. The van der Waals surface area contributed by atoms with Crippen LogP contribution in [-0.2, 0) is 25.5 Å². The summed E-state index contributed by atoms with van der Waals surface area (Å²) in [5.41, 5.74) is 7.06. The first-order valence-corrected chi connectivity index (χ1v) is 20.9. The predicted octanol–water partition coefficient (Wildman–Crippen LogP) is 12.2. The molecule has 0 saturated heterocycles. The maximum absolute atomic E-state index is 8.01. The molecule has 5 heteroatoms. The molecule has 0 fully saturated rings. The summed E-state index contributed by atoms with van der Waals surface area (Å²) in [5, 5.41) is 7.48. The minimum Gasteiger partial charge on any atom is -0.500 e. The van der Waals surface area contributed by atoms with Gasteiger partial charge in [0.25, 0.3) is 0 Å². The van der Waals surface area contributed by atoms with Gasteiger partial charge in [-0.05, 0) is 64.3 Å². The number of furan rings is 1. The molecule has 0 saturated carbocycles. The Bertz CT molecular complexity index is 2590. The molecular formula is C46H44IrN2OSi-2. The summed E-state index contributed by atoms with van der Waals surface area (Å²) < 4.78 is 30.6. The van der Waals surface area contributed by atoms with Crippen LogP contribution >= 0.6 is 0 Å². The number of pyridine rings is 2. The van der Waals surface area contributed by atoms with Crippen molar-refractivity contribution in [3.05, 3.63) is 139 Å². The van der Waals surface area contributed by atoms with E-state index < -0.39 is 14.9 Å². The quantitative estimate of drug-likeness (QED) is 0.0950. The molecule has 5 aromatic carbocycles. The fourth-order valence-electron chi connectivity index (χ4n) is 6.86. The van der Waals surface area contributed by atoms with Crippen molar-refractivity contribution >= 4 is 56.7 Å². The number of aromatic nitrogens is 2. The minimum absolute atomic E-state index is 0. The Morgan fingerprint density at radius 2 is 1.47 bits per heavy atom. The largest absolute Gasteiger partial charge is 0.500 e. The van der Waals surface area contributed by atoms with Gasteiger partial charge >= 0.3 is 0 Å². The van der Waals surface area contributed by atoms with Crippen LogP contribution in [0.5, 0.6) is 0 Å². The molecule has 3 heterocycles. The van der Waals surface area contributed by atoms with Gasteiger partial charge in [-0.3, -0.25) is 0 Å². The van der Waals surface area contributed by atoms with Gasteiger partial charge < -0.3 is 14.4 Å². The summed E-state index contributed by atoms with van der Waals surface area (Å²) in [6.07, 6.45) is 5.65. The standard InChI is InChI=1S/C29H24NOSi.C17H20N.Ir/c1-18-17-30-25(16-26(18)32(2,3)4)24-11-7-10-22-23-15-14-20-13-12-19-8-5-6-9-21(19)27(20)29(23)31-28(22)24;1-4-17(3,5-2)15-10-8-9-14(13-15)16-11-6-7-12-18-16;/h5-10,12-17H,1-4H3;6-8,10-13H,4-5H2,1-3H3;/q2*-1;/i1D3;;. The maximum atomic E-state index is 8.01. The van der Waals surface area contributed by atoms with E-state index in [0.717, 1.165) is 72.9 Å². The Balaban J connectivity index is 0.000000222. The molecule has 0 aliphatic rings. The summed E-state index contributed by atoms with van der Waals surface area (Å²) >= 11 is 0. The summed E-state index contributed by atoms with van der Waals surface area (Å²) in [5.74, 6) is 0. The molecule has 0 aliphatic heterocycles. The molecule has 3 nitrogen and oxygen atoms in total. The number of hydrogen-bond acceptors (Lipinski definition) is 3. The van der Waals surface area contributed by atoms with E-state index in [2.05, 4.69) is 117 Å². The van der Waals surface area contributed by atoms with Crippen LogP contribution in [0.15, 0.2) is 120 Å². The summed E-state index contributed by atoms with van der Waals surface area (Å²) in [7, 11) is -1.96. The summed E-state index contributed by atoms with van der Waals surface area (Å²) in [6.45, 7) is 11.1. The SMILES string of the molecule is CCC(C)(CC)c1cc[c-]c(-c2ccccn2)c1.[2H]C([2H])([2H])c1cnc(-c2[c-]ccc3c2oc2c3ccc3ccc4ccccc4c32)cc1[Si](C)(C)C.[Ir]. The zero-order valence-electron chi connectivity index (χ0n) is 33.0. The van der Waals surface area contributed by atoms with Crippen LogP contribution in [0.2, 0.25) is 19.6 Å². The fourth-order valence-corrected chi connectivity index (χ4v) is 8.30. The minimum atomic E-state index is -2.20. The van der Waals surface area contributed by atoms with Crippen LogP contribution in [-0.4, -0.2) is 18.0 Å². The molecule has 0 aliphatic carbocycles. The summed E-state index contributed by atoms with van der Waals surface area (Å²) in [6, 6.07) is 41.8. The number of fused-ring (bicyclic) bond motifs is 7. The second-order valence-electron chi connectivity index (χ2n) is 14.4. The van der Waals surface area contributed by atoms with Crippen molar-refractivity contribution in [3.63, 3.8) is 0 Å². The van der Waals surface area contributed by atoms with Crippen molar-refractivity contribution in [2.45, 2.75) is 65.5 Å². The first-order chi connectivity index (χ1) is 25.3. The van der Waals surface area contributed by atoms with Crippen LogP contribution in [0.25, 0.3) is 66.0 Å². The molecule has 3 aromatic heterocycles. The number of hydrogen-bond donors (Lipinski definition) is 0. The third kappa shape index (κ3) is 6.96. The zero-order valence-corrected chi connectivity index (χ0v) is 33.4. The smallest absolute Gasteiger partial charge is 0.129 e. The third-order valence-corrected chi connectivity index (χ3v) is 12.3. The molecule has 51 heavy (non-hydrogen) atoms. The average molecular weight is 864 g/mol. The topological polar surface area (TPSA) is 38.9 Å². The molecule has 259 valence electrons. The van der Waals surface area contributed by atoms with Crippen molar-refractivity contribution < 1.29 is 28.6 Å². The molecule has 0 spiro atoms. The Kier molecular flexibility index (Phi) is 9.35. The van der Waals surface area contributed by atoms with E-state index in [9.17, 15) is 0 Å². The van der Waals surface area contributed by atoms with Crippen molar-refractivity contribution in [2.75, 3.05) is 0 Å². The maximum Gasteiger partial charge on any atom is 0.129 e. The van der Waals surface area contributed by atoms with E-state index in [1.807, 2.05) is 54.7 Å². The van der Waals surface area contributed by atoms with Gasteiger partial charge in [-0.2, -0.15) is 0 Å². The molecule has 0 N–H and O–H groups in total. The number of benzene rings is 5. The molecule has 8 rings (SSSR count). The van der Waals surface area contributed by atoms with E-state index in [4.69, 9.17) is 8.53 Å². The van der Waals surface area contributed by atoms with Gasteiger partial charge in [0.05, 0.1) is 13.7 Å². The van der Waals surface area contributed by atoms with Crippen LogP contribution in [0.1, 0.15) is 48.9 Å². The molecule has 1 radical (unpaired) electrons. The Hall–Kier alpha value is -4.41. The molecule has 0 unspecified atom stereocenters. The summed E-state index contributed by atoms with van der Waals surface area (Å²) in [4.78, 5) is 8.99. The molecular weight excluding hydrogens is 817 g/mol. The third-order valence-electron chi connectivity index (χ3n) is 10.3. The van der Waals surface area contributed by atoms with Crippen molar-refractivity contribution in [3.8, 4) is 22.5 Å². The monoisotopic (exact) mass is 864 g/mol. The predicted molar refractivity (Wildman–Crippen MR) is 215 cm³/mol. The van der Waals surface area contributed by atoms with E-state index in [1.54, 1.807) is 0 Å². The zero-order chi connectivity index (χ0) is 37.5. The van der Waals surface area contributed by atoms with Crippen LogP contribution in [0, 0.1) is 19.0 Å². The van der Waals surface area contributed by atoms with Gasteiger partial charge in [-0.1, -0.05) is 123 Å². The van der Waals surface area contributed by atoms with Gasteiger partial charge in [0, 0.05) is 47.4 Å². The van der Waals surface area contributed by atoms with Crippen LogP contribution < -0.4 is 5.19 Å². The van der Waals surface area contributed by atoms with E-state index in [-0.39, 0.29) is 25.5 Å². The molecule has 0 amide bonds. The first kappa shape index (κ1) is 32.5. The van der Waals surface area contributed by atoms with Crippen molar-refractivity contribution in [1.82, 2.24) is 9.97 Å². The van der Waals surface area contributed by atoms with Gasteiger partial charge in [0.15, 0.2) is 0 Å². The van der Waals surface area contributed by atoms with E-state index >= 15 is 0 Å². The van der Waals surface area contributed by atoms with Gasteiger partial charge in [-0.15, -0.1) is 53.6 Å². The average Bonchev–Trinajstić information content (AvgIpc) is 3.56. The van der Waals surface area contributed by atoms with E-state index in [1.165, 1.54) is 17.1 Å². The Morgan fingerprint density at radius 1 is 0.745 bits per heavy atom. The van der Waals surface area contributed by atoms with Crippen molar-refractivity contribution in [2.24, 2.45) is 0 Å². The number of nitrogens with zero attached hydrogens (tertiary/aromatic N) is 2. The fraction of sp³-hybridized carbons (Fsp3) is 0.217. The normalized spacial score (nSPS) is 12.9. The van der Waals surface area contributed by atoms with Gasteiger partial charge in [-0.25, -0.2) is 0 Å². The van der Waals surface area contributed by atoms with Crippen LogP contribution in [0.3, 0.4) is 0 Å².